The van der Waals surface area contributed by atoms with Gasteiger partial charge in [0, 0.05) is 12.7 Å². The first-order valence-corrected chi connectivity index (χ1v) is 4.53. The molecule has 0 bridgehead atoms. The molecule has 4 N–H and O–H groups in total. The summed E-state index contributed by atoms with van der Waals surface area (Å²) in [6, 6.07) is 0. The molecule has 5 heteroatoms. The van der Waals surface area contributed by atoms with Gasteiger partial charge in [0.05, 0.1) is 18.5 Å². The first-order valence-electron chi connectivity index (χ1n) is 4.53. The SMILES string of the molecule is CCn1ncc(N)c1N/C=C(/C)CO. The van der Waals surface area contributed by atoms with Crippen LogP contribution in [0.2, 0.25) is 0 Å². The Bertz CT molecular complexity index is 330. The maximum absolute atomic E-state index is 8.80. The van der Waals surface area contributed by atoms with Gasteiger partial charge in [-0.3, -0.25) is 0 Å². The lowest BCUT2D eigenvalue weighted by Gasteiger charge is -2.05. The van der Waals surface area contributed by atoms with E-state index < -0.39 is 0 Å². The Morgan fingerprint density at radius 3 is 3.07 bits per heavy atom. The Morgan fingerprint density at radius 1 is 1.79 bits per heavy atom. The molecule has 0 amide bonds. The summed E-state index contributed by atoms with van der Waals surface area (Å²) in [5, 5.41) is 15.9. The lowest BCUT2D eigenvalue weighted by Crippen LogP contribution is -2.04. The smallest absolute Gasteiger partial charge is 0.151 e. The fraction of sp³-hybridized carbons (Fsp3) is 0.444. The highest BCUT2D eigenvalue weighted by atomic mass is 16.3. The minimum absolute atomic E-state index is 0.0349. The molecule has 0 spiro atoms. The van der Waals surface area contributed by atoms with Gasteiger partial charge in [-0.1, -0.05) is 0 Å². The monoisotopic (exact) mass is 196 g/mol. The van der Waals surface area contributed by atoms with Crippen LogP contribution in [-0.4, -0.2) is 21.5 Å². The molecular weight excluding hydrogens is 180 g/mol. The van der Waals surface area contributed by atoms with E-state index in [0.717, 1.165) is 17.9 Å². The van der Waals surface area contributed by atoms with Gasteiger partial charge >= 0.3 is 0 Å². The lowest BCUT2D eigenvalue weighted by molar-refractivity contribution is 0.331. The van der Waals surface area contributed by atoms with Crippen LogP contribution in [0.5, 0.6) is 0 Å². The van der Waals surface area contributed by atoms with Crippen LogP contribution >= 0.6 is 0 Å². The Balaban J connectivity index is 2.79. The molecule has 0 aliphatic rings. The molecule has 0 saturated heterocycles. The molecule has 0 aromatic carbocycles. The molecule has 1 aromatic heterocycles. The molecule has 1 rings (SSSR count). The second-order valence-corrected chi connectivity index (χ2v) is 3.06. The summed E-state index contributed by atoms with van der Waals surface area (Å²) < 4.78 is 1.76. The van der Waals surface area contributed by atoms with E-state index >= 15 is 0 Å². The van der Waals surface area contributed by atoms with Gasteiger partial charge in [-0.15, -0.1) is 0 Å². The highest BCUT2D eigenvalue weighted by Crippen LogP contribution is 2.17. The number of nitrogen functional groups attached to an aromatic ring is 1. The minimum atomic E-state index is 0.0349. The van der Waals surface area contributed by atoms with Crippen molar-refractivity contribution < 1.29 is 5.11 Å². The molecule has 78 valence electrons. The number of hydrogen-bond donors (Lipinski definition) is 3. The van der Waals surface area contributed by atoms with Gasteiger partial charge in [-0.2, -0.15) is 5.10 Å². The van der Waals surface area contributed by atoms with Crippen molar-refractivity contribution in [3.63, 3.8) is 0 Å². The molecular formula is C9H16N4O. The summed E-state index contributed by atoms with van der Waals surface area (Å²) in [6.07, 6.45) is 3.33. The largest absolute Gasteiger partial charge is 0.394 e. The maximum Gasteiger partial charge on any atom is 0.151 e. The van der Waals surface area contributed by atoms with E-state index in [9.17, 15) is 0 Å². The second kappa shape index (κ2) is 4.66. The highest BCUT2D eigenvalue weighted by Gasteiger charge is 2.04. The van der Waals surface area contributed by atoms with Crippen LogP contribution in [-0.2, 0) is 6.54 Å². The molecule has 14 heavy (non-hydrogen) atoms. The highest BCUT2D eigenvalue weighted by molar-refractivity contribution is 5.62. The van der Waals surface area contributed by atoms with E-state index in [2.05, 4.69) is 10.4 Å². The molecule has 0 radical (unpaired) electrons. The van der Waals surface area contributed by atoms with Crippen molar-refractivity contribution in [1.82, 2.24) is 9.78 Å². The molecule has 0 aliphatic heterocycles. The first-order chi connectivity index (χ1) is 6.69. The van der Waals surface area contributed by atoms with E-state index in [4.69, 9.17) is 10.8 Å². The van der Waals surface area contributed by atoms with Crippen molar-refractivity contribution in [2.75, 3.05) is 17.7 Å². The van der Waals surface area contributed by atoms with Crippen molar-refractivity contribution in [1.29, 1.82) is 0 Å². The fourth-order valence-electron chi connectivity index (χ4n) is 1.03. The van der Waals surface area contributed by atoms with Crippen LogP contribution in [0.25, 0.3) is 0 Å². The summed E-state index contributed by atoms with van der Waals surface area (Å²) in [6.45, 7) is 4.61. The van der Waals surface area contributed by atoms with Crippen molar-refractivity contribution >= 4 is 11.5 Å². The fourth-order valence-corrected chi connectivity index (χ4v) is 1.03. The summed E-state index contributed by atoms with van der Waals surface area (Å²) >= 11 is 0. The zero-order valence-electron chi connectivity index (χ0n) is 8.49. The summed E-state index contributed by atoms with van der Waals surface area (Å²) in [5.41, 5.74) is 7.15. The number of aryl methyl sites for hydroxylation is 1. The normalized spacial score (nSPS) is 11.8. The average molecular weight is 196 g/mol. The standard InChI is InChI=1S/C9H16N4O/c1-3-13-9(8(10)5-12-13)11-4-7(2)6-14/h4-5,11,14H,3,6,10H2,1-2H3/b7-4-. The number of hydrogen-bond acceptors (Lipinski definition) is 4. The van der Waals surface area contributed by atoms with E-state index in [1.54, 1.807) is 17.1 Å². The van der Waals surface area contributed by atoms with Gasteiger partial charge in [-0.05, 0) is 19.4 Å². The van der Waals surface area contributed by atoms with Crippen molar-refractivity contribution in [3.05, 3.63) is 18.0 Å². The topological polar surface area (TPSA) is 76.1 Å². The molecule has 0 fully saturated rings. The molecule has 0 unspecified atom stereocenters. The van der Waals surface area contributed by atoms with Gasteiger partial charge in [0.15, 0.2) is 5.82 Å². The number of aliphatic hydroxyl groups excluding tert-OH is 1. The van der Waals surface area contributed by atoms with Gasteiger partial charge in [0.25, 0.3) is 0 Å². The van der Waals surface area contributed by atoms with E-state index in [0.29, 0.717) is 5.69 Å². The number of nitrogens with two attached hydrogens (primary N) is 1. The second-order valence-electron chi connectivity index (χ2n) is 3.06. The average Bonchev–Trinajstić information content (AvgIpc) is 2.55. The third-order valence-electron chi connectivity index (χ3n) is 1.87. The molecule has 0 atom stereocenters. The number of nitrogens with zero attached hydrogens (tertiary/aromatic N) is 2. The Kier molecular flexibility index (Phi) is 3.53. The number of anilines is 2. The van der Waals surface area contributed by atoms with Crippen LogP contribution < -0.4 is 11.1 Å². The van der Waals surface area contributed by atoms with Gasteiger partial charge in [-0.25, -0.2) is 4.68 Å². The number of nitrogens with one attached hydrogen (secondary N) is 1. The van der Waals surface area contributed by atoms with Crippen molar-refractivity contribution in [2.24, 2.45) is 0 Å². The zero-order chi connectivity index (χ0) is 10.6. The number of rotatable bonds is 4. The lowest BCUT2D eigenvalue weighted by atomic mass is 10.3. The Labute approximate surface area is 83.2 Å². The van der Waals surface area contributed by atoms with Crippen LogP contribution in [0.1, 0.15) is 13.8 Å². The first kappa shape index (κ1) is 10.6. The molecule has 1 aromatic rings. The number of aromatic nitrogens is 2. The van der Waals surface area contributed by atoms with Gasteiger partial charge < -0.3 is 16.2 Å². The summed E-state index contributed by atoms with van der Waals surface area (Å²) in [4.78, 5) is 0. The molecule has 0 aliphatic carbocycles. The Hall–Kier alpha value is -1.49. The van der Waals surface area contributed by atoms with Crippen LogP contribution in [0, 0.1) is 0 Å². The van der Waals surface area contributed by atoms with E-state index in [1.807, 2.05) is 13.8 Å². The summed E-state index contributed by atoms with van der Waals surface area (Å²) in [7, 11) is 0. The van der Waals surface area contributed by atoms with Crippen molar-refractivity contribution in [2.45, 2.75) is 20.4 Å². The predicted octanol–water partition coefficient (Wildman–Crippen LogP) is 0.793. The van der Waals surface area contributed by atoms with Gasteiger partial charge in [0.2, 0.25) is 0 Å². The van der Waals surface area contributed by atoms with Crippen LogP contribution in [0.4, 0.5) is 11.5 Å². The Morgan fingerprint density at radius 2 is 2.50 bits per heavy atom. The predicted molar refractivity (Wildman–Crippen MR) is 56.8 cm³/mol. The van der Waals surface area contributed by atoms with Crippen LogP contribution in [0.15, 0.2) is 18.0 Å². The van der Waals surface area contributed by atoms with E-state index in [1.165, 1.54) is 0 Å². The minimum Gasteiger partial charge on any atom is -0.394 e. The van der Waals surface area contributed by atoms with Crippen LogP contribution in [0.3, 0.4) is 0 Å². The molecule has 1 heterocycles. The third-order valence-corrected chi connectivity index (χ3v) is 1.87. The zero-order valence-corrected chi connectivity index (χ0v) is 8.49. The summed E-state index contributed by atoms with van der Waals surface area (Å²) in [5.74, 6) is 0.764. The quantitative estimate of drug-likeness (QED) is 0.665. The van der Waals surface area contributed by atoms with Crippen molar-refractivity contribution in [3.8, 4) is 0 Å². The van der Waals surface area contributed by atoms with Gasteiger partial charge in [0.1, 0.15) is 0 Å². The molecule has 5 nitrogen and oxygen atoms in total. The third kappa shape index (κ3) is 2.26. The van der Waals surface area contributed by atoms with E-state index in [-0.39, 0.29) is 6.61 Å². The number of aliphatic hydroxyl groups is 1. The molecule has 0 saturated carbocycles. The maximum atomic E-state index is 8.80.